The summed E-state index contributed by atoms with van der Waals surface area (Å²) in [5.74, 6) is 1.02. The molecule has 0 radical (unpaired) electrons. The minimum atomic E-state index is -0.213. The van der Waals surface area contributed by atoms with Gasteiger partial charge in [-0.1, -0.05) is 23.9 Å². The van der Waals surface area contributed by atoms with Gasteiger partial charge in [0.2, 0.25) is 5.91 Å². The predicted octanol–water partition coefficient (Wildman–Crippen LogP) is 2.68. The molecule has 0 aliphatic rings. The molecule has 0 unspecified atom stereocenters. The average molecular weight is 385 g/mol. The Morgan fingerprint density at radius 1 is 1.15 bits per heavy atom. The number of fused-ring (bicyclic) bond motifs is 1. The van der Waals surface area contributed by atoms with Crippen LogP contribution in [0.3, 0.4) is 0 Å². The Hall–Kier alpha value is -3.00. The molecule has 7 nitrogen and oxygen atoms in total. The second-order valence-corrected chi connectivity index (χ2v) is 6.62. The number of carbonyl (C=O) groups excluding carboxylic acids is 1. The third-order valence-corrected chi connectivity index (χ3v) is 4.97. The molecule has 0 saturated carbocycles. The van der Waals surface area contributed by atoms with E-state index in [2.05, 4.69) is 10.3 Å². The lowest BCUT2D eigenvalue weighted by molar-refractivity contribution is -0.113. The van der Waals surface area contributed by atoms with Gasteiger partial charge in [0.25, 0.3) is 5.56 Å². The highest BCUT2D eigenvalue weighted by atomic mass is 32.2. The molecule has 8 heteroatoms. The summed E-state index contributed by atoms with van der Waals surface area (Å²) >= 11 is 1.20. The van der Waals surface area contributed by atoms with Crippen LogP contribution in [0, 0.1) is 0 Å². The standard InChI is InChI=1S/C19H19N3O4S/c1-22-18(24)13-6-4-5-7-14(13)21-19(22)27-11-17(23)20-12-8-9-15(25-2)16(10-12)26-3/h4-10H,11H2,1-3H3,(H,20,23). The number of nitrogens with one attached hydrogen (secondary N) is 1. The number of hydrogen-bond donors (Lipinski definition) is 1. The van der Waals surface area contributed by atoms with Crippen molar-refractivity contribution >= 4 is 34.3 Å². The van der Waals surface area contributed by atoms with Crippen LogP contribution in [0.15, 0.2) is 52.4 Å². The quantitative estimate of drug-likeness (QED) is 0.519. The Morgan fingerprint density at radius 3 is 2.63 bits per heavy atom. The summed E-state index contributed by atoms with van der Waals surface area (Å²) in [4.78, 5) is 29.2. The molecular weight excluding hydrogens is 366 g/mol. The summed E-state index contributed by atoms with van der Waals surface area (Å²) < 4.78 is 11.9. The summed E-state index contributed by atoms with van der Waals surface area (Å²) in [5, 5.41) is 3.84. The van der Waals surface area contributed by atoms with E-state index in [-0.39, 0.29) is 17.2 Å². The summed E-state index contributed by atoms with van der Waals surface area (Å²) in [5.41, 5.74) is 1.07. The third-order valence-electron chi connectivity index (χ3n) is 3.94. The third kappa shape index (κ3) is 4.06. The fraction of sp³-hybridized carbons (Fsp3) is 0.211. The maximum absolute atomic E-state index is 12.4. The number of benzene rings is 2. The molecule has 0 aliphatic carbocycles. The molecule has 0 bridgehead atoms. The molecule has 0 spiro atoms. The molecule has 27 heavy (non-hydrogen) atoms. The van der Waals surface area contributed by atoms with Crippen molar-refractivity contribution < 1.29 is 14.3 Å². The van der Waals surface area contributed by atoms with Gasteiger partial charge in [-0.15, -0.1) is 0 Å². The minimum Gasteiger partial charge on any atom is -0.493 e. The van der Waals surface area contributed by atoms with Gasteiger partial charge in [0.15, 0.2) is 16.7 Å². The van der Waals surface area contributed by atoms with Gasteiger partial charge in [0.05, 0.1) is 30.9 Å². The molecule has 1 amide bonds. The summed E-state index contributed by atoms with van der Waals surface area (Å²) in [7, 11) is 4.73. The number of anilines is 1. The van der Waals surface area contributed by atoms with Crippen LogP contribution in [0.25, 0.3) is 10.9 Å². The molecule has 0 aliphatic heterocycles. The van der Waals surface area contributed by atoms with E-state index in [1.54, 1.807) is 50.6 Å². The van der Waals surface area contributed by atoms with Gasteiger partial charge in [0.1, 0.15) is 0 Å². The number of aromatic nitrogens is 2. The Balaban J connectivity index is 1.72. The Morgan fingerprint density at radius 2 is 1.89 bits per heavy atom. The molecule has 3 rings (SSSR count). The van der Waals surface area contributed by atoms with Crippen LogP contribution in [0.2, 0.25) is 0 Å². The normalized spacial score (nSPS) is 10.6. The van der Waals surface area contributed by atoms with E-state index < -0.39 is 0 Å². The number of methoxy groups -OCH3 is 2. The zero-order chi connectivity index (χ0) is 19.4. The van der Waals surface area contributed by atoms with Crippen LogP contribution in [0.5, 0.6) is 11.5 Å². The number of ether oxygens (including phenoxy) is 2. The van der Waals surface area contributed by atoms with Gasteiger partial charge in [-0.05, 0) is 24.3 Å². The average Bonchev–Trinajstić information content (AvgIpc) is 2.69. The second kappa shape index (κ2) is 8.13. The van der Waals surface area contributed by atoms with Crippen molar-refractivity contribution in [1.82, 2.24) is 9.55 Å². The number of carbonyl (C=O) groups is 1. The number of rotatable bonds is 6. The van der Waals surface area contributed by atoms with Crippen molar-refractivity contribution in [2.45, 2.75) is 5.16 Å². The minimum absolute atomic E-state index is 0.118. The molecule has 1 heterocycles. The van der Waals surface area contributed by atoms with E-state index in [9.17, 15) is 9.59 Å². The largest absolute Gasteiger partial charge is 0.493 e. The van der Waals surface area contributed by atoms with Crippen molar-refractivity contribution in [2.24, 2.45) is 7.05 Å². The number of nitrogens with zero attached hydrogens (tertiary/aromatic N) is 2. The highest BCUT2D eigenvalue weighted by Crippen LogP contribution is 2.29. The van der Waals surface area contributed by atoms with Gasteiger partial charge in [-0.3, -0.25) is 14.2 Å². The van der Waals surface area contributed by atoms with E-state index in [1.165, 1.54) is 23.4 Å². The van der Waals surface area contributed by atoms with E-state index in [4.69, 9.17) is 9.47 Å². The number of para-hydroxylation sites is 1. The first-order chi connectivity index (χ1) is 13.0. The lowest BCUT2D eigenvalue weighted by atomic mass is 10.2. The molecule has 0 fully saturated rings. The first kappa shape index (κ1) is 18.8. The highest BCUT2D eigenvalue weighted by molar-refractivity contribution is 7.99. The molecule has 1 N–H and O–H groups in total. The predicted molar refractivity (Wildman–Crippen MR) is 106 cm³/mol. The lowest BCUT2D eigenvalue weighted by Crippen LogP contribution is -2.21. The van der Waals surface area contributed by atoms with E-state index >= 15 is 0 Å². The van der Waals surface area contributed by atoms with E-state index in [0.717, 1.165) is 0 Å². The van der Waals surface area contributed by atoms with Gasteiger partial charge in [-0.2, -0.15) is 0 Å². The zero-order valence-electron chi connectivity index (χ0n) is 15.2. The molecular formula is C19H19N3O4S. The van der Waals surface area contributed by atoms with Crippen LogP contribution in [-0.2, 0) is 11.8 Å². The number of hydrogen-bond acceptors (Lipinski definition) is 6. The van der Waals surface area contributed by atoms with Crippen LogP contribution in [0.4, 0.5) is 5.69 Å². The molecule has 140 valence electrons. The fourth-order valence-corrected chi connectivity index (χ4v) is 3.34. The van der Waals surface area contributed by atoms with Crippen LogP contribution >= 0.6 is 11.8 Å². The first-order valence-corrected chi connectivity index (χ1v) is 9.12. The Kier molecular flexibility index (Phi) is 5.66. The van der Waals surface area contributed by atoms with Gasteiger partial charge in [-0.25, -0.2) is 4.98 Å². The van der Waals surface area contributed by atoms with Crippen molar-refractivity contribution in [3.8, 4) is 11.5 Å². The van der Waals surface area contributed by atoms with E-state index in [0.29, 0.717) is 33.2 Å². The van der Waals surface area contributed by atoms with Crippen molar-refractivity contribution in [3.05, 3.63) is 52.8 Å². The topological polar surface area (TPSA) is 82.5 Å². The van der Waals surface area contributed by atoms with Crippen LogP contribution < -0.4 is 20.3 Å². The second-order valence-electron chi connectivity index (χ2n) is 5.68. The summed E-state index contributed by atoms with van der Waals surface area (Å²) in [6.45, 7) is 0. The molecule has 3 aromatic rings. The lowest BCUT2D eigenvalue weighted by Gasteiger charge is -2.11. The van der Waals surface area contributed by atoms with Crippen LogP contribution in [-0.4, -0.2) is 35.4 Å². The fourth-order valence-electron chi connectivity index (χ4n) is 2.57. The monoisotopic (exact) mass is 385 g/mol. The molecule has 1 aromatic heterocycles. The first-order valence-electron chi connectivity index (χ1n) is 8.14. The number of thioether (sulfide) groups is 1. The smallest absolute Gasteiger partial charge is 0.261 e. The van der Waals surface area contributed by atoms with Crippen molar-refractivity contribution in [3.63, 3.8) is 0 Å². The summed E-state index contributed by atoms with van der Waals surface area (Å²) in [6.07, 6.45) is 0. The van der Waals surface area contributed by atoms with Crippen molar-refractivity contribution in [1.29, 1.82) is 0 Å². The SMILES string of the molecule is COc1ccc(NC(=O)CSc2nc3ccccc3c(=O)n2C)cc1OC. The van der Waals surface area contributed by atoms with E-state index in [1.807, 2.05) is 6.07 Å². The van der Waals surface area contributed by atoms with Gasteiger partial charge in [0, 0.05) is 18.8 Å². The maximum atomic E-state index is 12.4. The van der Waals surface area contributed by atoms with Gasteiger partial charge >= 0.3 is 0 Å². The highest BCUT2D eigenvalue weighted by Gasteiger charge is 2.12. The molecule has 0 saturated heterocycles. The zero-order valence-corrected chi connectivity index (χ0v) is 16.0. The molecule has 0 atom stereocenters. The van der Waals surface area contributed by atoms with Gasteiger partial charge < -0.3 is 14.8 Å². The Bertz CT molecular complexity index is 1050. The molecule has 2 aromatic carbocycles. The van der Waals surface area contributed by atoms with Crippen molar-refractivity contribution in [2.75, 3.05) is 25.3 Å². The number of amides is 1. The maximum Gasteiger partial charge on any atom is 0.261 e. The Labute approximate surface area is 160 Å². The van der Waals surface area contributed by atoms with Crippen LogP contribution in [0.1, 0.15) is 0 Å². The summed E-state index contributed by atoms with van der Waals surface area (Å²) in [6, 6.07) is 12.3.